The van der Waals surface area contributed by atoms with Crippen LogP contribution in [0.25, 0.3) is 5.52 Å². The van der Waals surface area contributed by atoms with Gasteiger partial charge in [-0.25, -0.2) is 14.1 Å². The summed E-state index contributed by atoms with van der Waals surface area (Å²) in [6.07, 6.45) is -2.42. The molecule has 0 amide bonds. The number of fused-ring (bicyclic) bond motifs is 2. The molecular weight excluding hydrogens is 341 g/mol. The Morgan fingerprint density at radius 3 is 3.08 bits per heavy atom. The first kappa shape index (κ1) is 15.5. The second kappa shape index (κ2) is 4.97. The molecule has 2 fully saturated rings. The van der Waals surface area contributed by atoms with Crippen LogP contribution in [0.3, 0.4) is 0 Å². The maximum Gasteiger partial charge on any atom is 0.472 e. The number of nitrogens with zero attached hydrogens (tertiary/aromatic N) is 4. The lowest BCUT2D eigenvalue weighted by Crippen LogP contribution is -2.43. The van der Waals surface area contributed by atoms with Crippen molar-refractivity contribution in [1.29, 1.82) is 5.26 Å². The second-order valence-corrected chi connectivity index (χ2v) is 6.85. The van der Waals surface area contributed by atoms with E-state index in [1.54, 1.807) is 6.07 Å². The molecule has 12 heteroatoms. The van der Waals surface area contributed by atoms with Gasteiger partial charge in [0.15, 0.2) is 5.82 Å². The summed E-state index contributed by atoms with van der Waals surface area (Å²) in [5, 5.41) is 24.4. The van der Waals surface area contributed by atoms with Crippen LogP contribution < -0.4 is 5.73 Å². The topological polar surface area (TPSA) is 165 Å². The highest BCUT2D eigenvalue weighted by molar-refractivity contribution is 7.47. The molecule has 2 aliphatic rings. The largest absolute Gasteiger partial charge is 0.472 e. The van der Waals surface area contributed by atoms with Gasteiger partial charge in [0.2, 0.25) is 5.60 Å². The number of hydrogen-bond donors (Lipinski definition) is 3. The van der Waals surface area contributed by atoms with Crippen LogP contribution in [0, 0.1) is 11.3 Å². The molecule has 2 aromatic heterocycles. The van der Waals surface area contributed by atoms with Crippen molar-refractivity contribution in [2.75, 3.05) is 12.3 Å². The minimum absolute atomic E-state index is 0.189. The number of ether oxygens (including phenoxy) is 1. The molecule has 4 rings (SSSR count). The molecule has 0 bridgehead atoms. The van der Waals surface area contributed by atoms with Crippen molar-refractivity contribution >= 4 is 19.2 Å². The lowest BCUT2D eigenvalue weighted by Gasteiger charge is -2.28. The van der Waals surface area contributed by atoms with E-state index in [-0.39, 0.29) is 18.1 Å². The normalized spacial score (nSPS) is 38.8. The first-order valence-electron chi connectivity index (χ1n) is 6.89. The van der Waals surface area contributed by atoms with Gasteiger partial charge < -0.3 is 20.5 Å². The molecule has 2 aromatic rings. The Morgan fingerprint density at radius 1 is 1.54 bits per heavy atom. The highest BCUT2D eigenvalue weighted by Crippen LogP contribution is 2.54. The maximum absolute atomic E-state index is 11.6. The number of nitrogen functional groups attached to an aromatic ring is 1. The molecule has 2 unspecified atom stereocenters. The third kappa shape index (κ3) is 1.99. The van der Waals surface area contributed by atoms with Crippen LogP contribution in [0.5, 0.6) is 0 Å². The summed E-state index contributed by atoms with van der Waals surface area (Å²) in [6.45, 7) is -0.292. The number of aliphatic hydroxyl groups is 1. The third-order valence-corrected chi connectivity index (χ3v) is 5.10. The summed E-state index contributed by atoms with van der Waals surface area (Å²) in [5.74, 6) is 0.189. The molecule has 4 heterocycles. The van der Waals surface area contributed by atoms with E-state index in [0.717, 1.165) is 0 Å². The van der Waals surface area contributed by atoms with E-state index >= 15 is 0 Å². The Hall–Kier alpha value is -2.06. The van der Waals surface area contributed by atoms with E-state index in [4.69, 9.17) is 15.0 Å². The number of nitriles is 1. The van der Waals surface area contributed by atoms with E-state index in [0.29, 0.717) is 5.52 Å². The molecule has 2 aliphatic heterocycles. The van der Waals surface area contributed by atoms with Crippen molar-refractivity contribution in [1.82, 2.24) is 14.6 Å². The Morgan fingerprint density at radius 2 is 2.33 bits per heavy atom. The van der Waals surface area contributed by atoms with Crippen LogP contribution in [-0.4, -0.2) is 49.5 Å². The highest BCUT2D eigenvalue weighted by atomic mass is 31.2. The van der Waals surface area contributed by atoms with Gasteiger partial charge in [-0.05, 0) is 12.1 Å². The molecule has 2 saturated heterocycles. The van der Waals surface area contributed by atoms with Gasteiger partial charge in [0.25, 0.3) is 0 Å². The summed E-state index contributed by atoms with van der Waals surface area (Å²) >= 11 is 0. The number of nitrogens with two attached hydrogens (primary N) is 1. The quantitative estimate of drug-likeness (QED) is 0.558. The van der Waals surface area contributed by atoms with E-state index in [2.05, 4.69) is 14.6 Å². The molecule has 0 aliphatic carbocycles. The minimum Gasteiger partial charge on any atom is -0.386 e. The Balaban J connectivity index is 1.84. The molecule has 0 saturated carbocycles. The fraction of sp³-hybridized carbons (Fsp3) is 0.417. The van der Waals surface area contributed by atoms with Gasteiger partial charge in [-0.1, -0.05) is 0 Å². The lowest BCUT2D eigenvalue weighted by molar-refractivity contribution is -0.0744. The van der Waals surface area contributed by atoms with Crippen molar-refractivity contribution in [2.45, 2.75) is 23.9 Å². The van der Waals surface area contributed by atoms with Gasteiger partial charge in [-0.2, -0.15) is 10.4 Å². The molecule has 0 aromatic carbocycles. The van der Waals surface area contributed by atoms with Gasteiger partial charge >= 0.3 is 7.82 Å². The van der Waals surface area contributed by atoms with Crippen molar-refractivity contribution < 1.29 is 28.3 Å². The summed E-state index contributed by atoms with van der Waals surface area (Å²) < 4.78 is 28.2. The average molecular weight is 353 g/mol. The molecular formula is C12H12N5O6P. The molecule has 5 atom stereocenters. The number of phosphoric acid groups is 1. The zero-order valence-corrected chi connectivity index (χ0v) is 12.9. The number of rotatable bonds is 1. The van der Waals surface area contributed by atoms with E-state index in [1.165, 1.54) is 16.9 Å². The summed E-state index contributed by atoms with van der Waals surface area (Å²) in [6, 6.07) is 5.02. The first-order chi connectivity index (χ1) is 11.4. The summed E-state index contributed by atoms with van der Waals surface area (Å²) in [5.41, 5.74) is 4.53. The predicted molar refractivity (Wildman–Crippen MR) is 76.2 cm³/mol. The number of aromatic nitrogens is 3. The van der Waals surface area contributed by atoms with Crippen LogP contribution in [0.2, 0.25) is 0 Å². The highest BCUT2D eigenvalue weighted by Gasteiger charge is 2.62. The molecule has 4 N–H and O–H groups in total. The van der Waals surface area contributed by atoms with Crippen LogP contribution >= 0.6 is 7.82 Å². The molecule has 0 radical (unpaired) electrons. The summed E-state index contributed by atoms with van der Waals surface area (Å²) in [7, 11) is -4.30. The van der Waals surface area contributed by atoms with Crippen LogP contribution in [0.15, 0.2) is 18.5 Å². The zero-order valence-electron chi connectivity index (χ0n) is 12.0. The van der Waals surface area contributed by atoms with Crippen LogP contribution in [0.4, 0.5) is 5.82 Å². The van der Waals surface area contributed by atoms with Gasteiger partial charge in [0.05, 0.1) is 12.3 Å². The maximum atomic E-state index is 11.6. The van der Waals surface area contributed by atoms with Gasteiger partial charge in [-0.15, -0.1) is 0 Å². The summed E-state index contributed by atoms with van der Waals surface area (Å²) in [4.78, 5) is 13.3. The number of hydrogen-bond acceptors (Lipinski definition) is 9. The standard InChI is InChI=1S/C12H12N5O6P/c13-4-12(8-2-1-6-11(14)15-5-16-17(6)8)10(18)9-7(22-12)3-21-24(19,20)23-9/h1-2,5,7,9-10,18H,3H2,(H,19,20)(H2,14,15,16)/t7?,9-,10-,12+/m1/s1. The molecule has 0 spiro atoms. The molecule has 24 heavy (non-hydrogen) atoms. The Bertz CT molecular complexity index is 911. The minimum atomic E-state index is -4.30. The van der Waals surface area contributed by atoms with Gasteiger partial charge in [-0.3, -0.25) is 9.05 Å². The smallest absolute Gasteiger partial charge is 0.386 e. The van der Waals surface area contributed by atoms with E-state index in [9.17, 15) is 19.8 Å². The number of phosphoric ester groups is 1. The van der Waals surface area contributed by atoms with Gasteiger partial charge in [0.1, 0.15) is 36.2 Å². The average Bonchev–Trinajstić information content (AvgIpc) is 3.09. The van der Waals surface area contributed by atoms with Crippen molar-refractivity contribution in [2.24, 2.45) is 0 Å². The fourth-order valence-electron chi connectivity index (χ4n) is 3.01. The molecule has 126 valence electrons. The van der Waals surface area contributed by atoms with Crippen LogP contribution in [0.1, 0.15) is 5.69 Å². The van der Waals surface area contributed by atoms with Crippen LogP contribution in [-0.2, 0) is 24.0 Å². The van der Waals surface area contributed by atoms with Gasteiger partial charge in [0, 0.05) is 0 Å². The third-order valence-electron chi connectivity index (χ3n) is 4.12. The van der Waals surface area contributed by atoms with Crippen molar-refractivity contribution in [3.05, 3.63) is 24.2 Å². The van der Waals surface area contributed by atoms with Crippen molar-refractivity contribution in [3.63, 3.8) is 0 Å². The van der Waals surface area contributed by atoms with E-state index < -0.39 is 31.7 Å². The Kier molecular flexibility index (Phi) is 3.20. The van der Waals surface area contributed by atoms with Crippen molar-refractivity contribution in [3.8, 4) is 6.07 Å². The second-order valence-electron chi connectivity index (χ2n) is 5.44. The first-order valence-corrected chi connectivity index (χ1v) is 8.39. The monoisotopic (exact) mass is 353 g/mol. The lowest BCUT2D eigenvalue weighted by atomic mass is 9.92. The SMILES string of the molecule is N#C[C@@]1(c2ccc3c(N)ncnn23)OC2COP(=O)(O)O[C@H]2[C@H]1O. The van der Waals surface area contributed by atoms with E-state index in [1.807, 2.05) is 6.07 Å². The number of aliphatic hydroxyl groups excluding tert-OH is 1. The molecule has 11 nitrogen and oxygen atoms in total. The Labute approximate surface area is 134 Å². The fourth-order valence-corrected chi connectivity index (χ4v) is 3.97. The number of anilines is 1. The predicted octanol–water partition coefficient (Wildman–Crippen LogP) is -0.694. The zero-order chi connectivity index (χ0) is 17.1.